The quantitative estimate of drug-likeness (QED) is 0.413. The predicted molar refractivity (Wildman–Crippen MR) is 92.5 cm³/mol. The molecule has 5 nitrogen and oxygen atoms in total. The molecule has 0 aromatic heterocycles. The fourth-order valence-electron chi connectivity index (χ4n) is 2.47. The average molecular weight is 416 g/mol. The Balaban J connectivity index is 2.46. The number of alkyl halides is 3. The third-order valence-electron chi connectivity index (χ3n) is 3.90. The number of halogens is 5. The first-order valence-corrected chi connectivity index (χ1v) is 8.41. The fourth-order valence-corrected chi connectivity index (χ4v) is 2.47. The summed E-state index contributed by atoms with van der Waals surface area (Å²) in [4.78, 5) is 24.6. The molecule has 0 saturated carbocycles. The van der Waals surface area contributed by atoms with Gasteiger partial charge in [-0.05, 0) is 24.6 Å². The van der Waals surface area contributed by atoms with Gasteiger partial charge in [0, 0.05) is 6.54 Å². The van der Waals surface area contributed by atoms with E-state index in [1.807, 2.05) is 5.32 Å². The van der Waals surface area contributed by atoms with Crippen LogP contribution in [0.4, 0.5) is 22.0 Å². The Morgan fingerprint density at radius 3 is 2.07 bits per heavy atom. The van der Waals surface area contributed by atoms with Crippen LogP contribution in [-0.4, -0.2) is 30.3 Å². The van der Waals surface area contributed by atoms with Crippen molar-refractivity contribution in [2.75, 3.05) is 6.61 Å². The monoisotopic (exact) mass is 416 g/mol. The molecule has 0 unspecified atom stereocenters. The van der Waals surface area contributed by atoms with Crippen molar-refractivity contribution >= 4 is 11.9 Å². The molecule has 0 fully saturated rings. The molecule has 0 saturated heterocycles. The Hall–Kier alpha value is -3.01. The number of nitrogens with one attached hydrogen (secondary N) is 2. The zero-order valence-electron chi connectivity index (χ0n) is 15.1. The van der Waals surface area contributed by atoms with Gasteiger partial charge in [0.1, 0.15) is 17.2 Å². The van der Waals surface area contributed by atoms with Crippen molar-refractivity contribution in [2.24, 2.45) is 0 Å². The van der Waals surface area contributed by atoms with Crippen LogP contribution in [0, 0.1) is 11.6 Å². The Bertz CT molecular complexity index is 854. The number of rotatable bonds is 7. The lowest BCUT2D eigenvalue weighted by molar-refractivity contribution is -0.219. The van der Waals surface area contributed by atoms with Crippen LogP contribution in [0.5, 0.6) is 0 Å². The van der Waals surface area contributed by atoms with E-state index in [1.165, 1.54) is 24.4 Å². The first-order chi connectivity index (χ1) is 13.6. The van der Waals surface area contributed by atoms with Crippen LogP contribution >= 0.6 is 0 Å². The van der Waals surface area contributed by atoms with E-state index < -0.39 is 54.1 Å². The summed E-state index contributed by atoms with van der Waals surface area (Å²) in [6.45, 7) is 0.349. The summed E-state index contributed by atoms with van der Waals surface area (Å²) in [6.07, 6.45) is -5.40. The highest BCUT2D eigenvalue weighted by atomic mass is 19.4. The van der Waals surface area contributed by atoms with Crippen molar-refractivity contribution in [3.8, 4) is 0 Å². The molecule has 156 valence electrons. The first-order valence-electron chi connectivity index (χ1n) is 8.41. The van der Waals surface area contributed by atoms with Crippen molar-refractivity contribution in [3.05, 3.63) is 71.3 Å². The molecule has 1 atom stereocenters. The van der Waals surface area contributed by atoms with Gasteiger partial charge in [-0.2, -0.15) is 13.2 Å². The van der Waals surface area contributed by atoms with Crippen molar-refractivity contribution < 1.29 is 36.3 Å². The topological polar surface area (TPSA) is 67.4 Å². The van der Waals surface area contributed by atoms with E-state index in [0.717, 1.165) is 6.07 Å². The van der Waals surface area contributed by atoms with E-state index in [-0.39, 0.29) is 0 Å². The van der Waals surface area contributed by atoms with Gasteiger partial charge in [0.15, 0.2) is 0 Å². The van der Waals surface area contributed by atoms with Gasteiger partial charge in [0.05, 0.1) is 6.61 Å². The fraction of sp³-hybridized carbons (Fsp3) is 0.263. The minimum Gasteiger partial charge on any atom is -0.463 e. The van der Waals surface area contributed by atoms with Crippen molar-refractivity contribution in [1.82, 2.24) is 10.6 Å². The maximum absolute atomic E-state index is 14.0. The van der Waals surface area contributed by atoms with Gasteiger partial charge >= 0.3 is 12.1 Å². The lowest BCUT2D eigenvalue weighted by Gasteiger charge is -2.35. The Labute approximate surface area is 162 Å². The summed E-state index contributed by atoms with van der Waals surface area (Å²) in [5, 5.41) is 3.33. The largest absolute Gasteiger partial charge is 0.463 e. The molecule has 10 heteroatoms. The van der Waals surface area contributed by atoms with Gasteiger partial charge in [-0.25, -0.2) is 13.6 Å². The molecule has 29 heavy (non-hydrogen) atoms. The molecule has 2 N–H and O–H groups in total. The molecule has 0 aliphatic heterocycles. The highest BCUT2D eigenvalue weighted by Crippen LogP contribution is 2.31. The molecule has 2 rings (SSSR count). The maximum Gasteiger partial charge on any atom is 0.436 e. The van der Waals surface area contributed by atoms with Gasteiger partial charge in [0.2, 0.25) is 0 Å². The van der Waals surface area contributed by atoms with Crippen molar-refractivity contribution in [2.45, 2.75) is 25.3 Å². The first kappa shape index (κ1) is 22.3. The molecule has 2 aromatic rings. The molecule has 0 aliphatic carbocycles. The van der Waals surface area contributed by atoms with Crippen LogP contribution < -0.4 is 10.6 Å². The number of benzene rings is 2. The smallest absolute Gasteiger partial charge is 0.436 e. The third-order valence-corrected chi connectivity index (χ3v) is 3.90. The van der Waals surface area contributed by atoms with Crippen LogP contribution in [0.25, 0.3) is 0 Å². The summed E-state index contributed by atoms with van der Waals surface area (Å²) in [6, 6.07) is 10.1. The van der Waals surface area contributed by atoms with Crippen LogP contribution in [-0.2, 0) is 16.1 Å². The van der Waals surface area contributed by atoms with Crippen LogP contribution in [0.15, 0.2) is 48.5 Å². The number of ether oxygens (including phenoxy) is 1. The normalized spacial score (nSPS) is 13.4. The second-order valence-corrected chi connectivity index (χ2v) is 5.86. The lowest BCUT2D eigenvalue weighted by atomic mass is 10.1. The summed E-state index contributed by atoms with van der Waals surface area (Å²) >= 11 is 0. The van der Waals surface area contributed by atoms with E-state index in [2.05, 4.69) is 4.74 Å². The summed E-state index contributed by atoms with van der Waals surface area (Å²) in [5.74, 6) is -6.41. The highest BCUT2D eigenvalue weighted by Gasteiger charge is 2.63. The lowest BCUT2D eigenvalue weighted by Crippen LogP contribution is -2.72. The van der Waals surface area contributed by atoms with Crippen LogP contribution in [0.3, 0.4) is 0 Å². The number of hydrogen-bond donors (Lipinski definition) is 2. The number of carbonyl (C=O) groups excluding carboxylic acids is 2. The zero-order valence-corrected chi connectivity index (χ0v) is 15.1. The number of hydrogen-bond acceptors (Lipinski definition) is 4. The van der Waals surface area contributed by atoms with Gasteiger partial charge < -0.3 is 10.1 Å². The summed E-state index contributed by atoms with van der Waals surface area (Å²) in [7, 11) is 0. The van der Waals surface area contributed by atoms with Gasteiger partial charge in [0.25, 0.3) is 11.6 Å². The Morgan fingerprint density at radius 1 is 0.966 bits per heavy atom. The second-order valence-electron chi connectivity index (χ2n) is 5.86. The molecule has 0 bridgehead atoms. The average Bonchev–Trinajstić information content (AvgIpc) is 2.65. The molecule has 1 amide bonds. The van der Waals surface area contributed by atoms with Crippen molar-refractivity contribution in [1.29, 1.82) is 0 Å². The van der Waals surface area contributed by atoms with Crippen LogP contribution in [0.1, 0.15) is 22.8 Å². The number of amides is 1. The van der Waals surface area contributed by atoms with E-state index in [4.69, 9.17) is 0 Å². The minimum absolute atomic E-state index is 0.358. The molecular formula is C19H17F5N2O3. The van der Waals surface area contributed by atoms with Gasteiger partial charge in [-0.15, -0.1) is 0 Å². The van der Waals surface area contributed by atoms with Crippen LogP contribution in [0.2, 0.25) is 0 Å². The van der Waals surface area contributed by atoms with E-state index >= 15 is 0 Å². The minimum atomic E-state index is -5.40. The number of esters is 1. The Kier molecular flexibility index (Phi) is 6.91. The van der Waals surface area contributed by atoms with E-state index in [9.17, 15) is 31.5 Å². The molecular weight excluding hydrogens is 399 g/mol. The highest BCUT2D eigenvalue weighted by molar-refractivity contribution is 5.98. The maximum atomic E-state index is 14.0. The molecule has 0 spiro atoms. The molecule has 2 aromatic carbocycles. The molecule has 0 heterocycles. The molecule has 0 aliphatic rings. The predicted octanol–water partition coefficient (Wildman–Crippen LogP) is 3.31. The standard InChI is InChI=1S/C19H17F5N2O3/c1-2-29-17(28)18(19(22,23)24,25-11-12-7-4-3-5-8-12)26-16(27)15-13(20)9-6-10-14(15)21/h3-10,25H,2,11H2,1H3,(H,26,27)/t18-/m1/s1. The number of carbonyl (C=O) groups is 2. The van der Waals surface area contributed by atoms with E-state index in [1.54, 1.807) is 18.2 Å². The van der Waals surface area contributed by atoms with Gasteiger partial charge in [-0.3, -0.25) is 10.1 Å². The van der Waals surface area contributed by atoms with Gasteiger partial charge in [-0.1, -0.05) is 36.4 Å². The zero-order chi connectivity index (χ0) is 21.7. The SMILES string of the molecule is CCOC(=O)[C@@](NCc1ccccc1)(NC(=O)c1c(F)cccc1F)C(F)(F)F. The Morgan fingerprint density at radius 2 is 1.55 bits per heavy atom. The summed E-state index contributed by atoms with van der Waals surface area (Å²) < 4.78 is 74.1. The third kappa shape index (κ3) is 4.89. The molecule has 0 radical (unpaired) electrons. The van der Waals surface area contributed by atoms with Crippen molar-refractivity contribution in [3.63, 3.8) is 0 Å². The summed E-state index contributed by atoms with van der Waals surface area (Å²) in [5.41, 5.74) is -4.63. The van der Waals surface area contributed by atoms with E-state index in [0.29, 0.717) is 17.7 Å². The second kappa shape index (κ2) is 8.99.